The van der Waals surface area contributed by atoms with Gasteiger partial charge in [-0.1, -0.05) is 19.9 Å². The van der Waals surface area contributed by atoms with Gasteiger partial charge in [-0.05, 0) is 24.3 Å². The van der Waals surface area contributed by atoms with E-state index in [0.717, 1.165) is 6.07 Å². The second kappa shape index (κ2) is 7.50. The predicted molar refractivity (Wildman–Crippen MR) is 87.0 cm³/mol. The van der Waals surface area contributed by atoms with Gasteiger partial charge in [-0.3, -0.25) is 4.79 Å². The highest BCUT2D eigenvalue weighted by Crippen LogP contribution is 2.59. The number of hydrogen-bond acceptors (Lipinski definition) is 4. The first kappa shape index (κ1) is 20.0. The van der Waals surface area contributed by atoms with E-state index in [1.54, 1.807) is 13.0 Å². The summed E-state index contributed by atoms with van der Waals surface area (Å²) in [4.78, 5) is 12.3. The number of hydrogen-bond donors (Lipinski definition) is 0. The van der Waals surface area contributed by atoms with Crippen LogP contribution >= 0.6 is 0 Å². The summed E-state index contributed by atoms with van der Waals surface area (Å²) in [5.74, 6) is -4.83. The molecule has 1 saturated carbocycles. The maximum absolute atomic E-state index is 14.0. The number of ether oxygens (including phenoxy) is 2. The van der Waals surface area contributed by atoms with E-state index >= 15 is 0 Å². The molecule has 0 bridgehead atoms. The largest absolute Gasteiger partial charge is 0.460 e. The standard InChI is InChI=1S/C19H20F3NO3/c1-10(7-23)5-13-15(19(13,2)3)18(24)26-8-11-6-14(20)12(9-25-4)17(22)16(11)21/h5-6,13,15H,8-9H2,1-4H3/t13-,15+/m1/s1. The lowest BCUT2D eigenvalue weighted by molar-refractivity contribution is -0.147. The molecule has 140 valence electrons. The molecule has 0 saturated heterocycles. The number of carbonyl (C=O) groups is 1. The van der Waals surface area contributed by atoms with Crippen molar-refractivity contribution >= 4 is 5.97 Å². The number of methoxy groups -OCH3 is 1. The Hall–Kier alpha value is -2.33. The van der Waals surface area contributed by atoms with Gasteiger partial charge in [-0.2, -0.15) is 5.26 Å². The summed E-state index contributed by atoms with van der Waals surface area (Å²) in [6, 6.07) is 2.79. The number of esters is 1. The van der Waals surface area contributed by atoms with Crippen molar-refractivity contribution in [3.63, 3.8) is 0 Å². The van der Waals surface area contributed by atoms with E-state index in [1.165, 1.54) is 7.11 Å². The van der Waals surface area contributed by atoms with Crippen LogP contribution in [0.2, 0.25) is 0 Å². The SMILES string of the molecule is COCc1c(F)cc(COC(=O)[C@@H]2[C@@H](C=C(C)C#N)C2(C)C)c(F)c1F. The number of allylic oxidation sites excluding steroid dienone is 2. The van der Waals surface area contributed by atoms with Crippen molar-refractivity contribution in [1.82, 2.24) is 0 Å². The van der Waals surface area contributed by atoms with Crippen LogP contribution < -0.4 is 0 Å². The number of benzene rings is 1. The van der Waals surface area contributed by atoms with Crippen LogP contribution in [0.15, 0.2) is 17.7 Å². The molecule has 0 N–H and O–H groups in total. The molecule has 0 amide bonds. The lowest BCUT2D eigenvalue weighted by atomic mass is 10.1. The number of rotatable bonds is 6. The summed E-state index contributed by atoms with van der Waals surface area (Å²) in [5.41, 5.74) is -0.804. The number of nitriles is 1. The maximum Gasteiger partial charge on any atom is 0.310 e. The lowest BCUT2D eigenvalue weighted by Gasteiger charge is -2.10. The molecule has 7 heteroatoms. The fourth-order valence-corrected chi connectivity index (χ4v) is 3.05. The van der Waals surface area contributed by atoms with Gasteiger partial charge >= 0.3 is 5.97 Å². The summed E-state index contributed by atoms with van der Waals surface area (Å²) < 4.78 is 51.5. The van der Waals surface area contributed by atoms with Crippen molar-refractivity contribution in [3.05, 3.63) is 46.3 Å². The molecule has 0 aromatic heterocycles. The zero-order valence-corrected chi connectivity index (χ0v) is 15.0. The van der Waals surface area contributed by atoms with E-state index in [4.69, 9.17) is 10.00 Å². The van der Waals surface area contributed by atoms with Crippen LogP contribution in [0.3, 0.4) is 0 Å². The Labute approximate surface area is 150 Å². The highest BCUT2D eigenvalue weighted by molar-refractivity contribution is 5.78. The van der Waals surface area contributed by atoms with E-state index in [-0.39, 0.29) is 11.5 Å². The van der Waals surface area contributed by atoms with Crippen LogP contribution in [0.4, 0.5) is 13.2 Å². The molecule has 1 aromatic rings. The topological polar surface area (TPSA) is 59.3 Å². The van der Waals surface area contributed by atoms with Crippen molar-refractivity contribution in [2.24, 2.45) is 17.3 Å². The van der Waals surface area contributed by atoms with Crippen molar-refractivity contribution in [3.8, 4) is 6.07 Å². The van der Waals surface area contributed by atoms with Crippen molar-refractivity contribution in [2.45, 2.75) is 34.0 Å². The van der Waals surface area contributed by atoms with Crippen LogP contribution in [-0.2, 0) is 27.5 Å². The molecular formula is C19H20F3NO3. The maximum atomic E-state index is 14.0. The molecule has 0 heterocycles. The Kier molecular flexibility index (Phi) is 5.77. The smallest absolute Gasteiger partial charge is 0.310 e. The van der Waals surface area contributed by atoms with Gasteiger partial charge in [0, 0.05) is 18.2 Å². The Morgan fingerprint density at radius 2 is 1.96 bits per heavy atom. The zero-order valence-electron chi connectivity index (χ0n) is 15.0. The van der Waals surface area contributed by atoms with Crippen molar-refractivity contribution in [1.29, 1.82) is 5.26 Å². The summed E-state index contributed by atoms with van der Waals surface area (Å²) in [7, 11) is 1.24. The summed E-state index contributed by atoms with van der Waals surface area (Å²) >= 11 is 0. The number of carbonyl (C=O) groups excluding carboxylic acids is 1. The zero-order chi connectivity index (χ0) is 19.6. The van der Waals surface area contributed by atoms with Crippen LogP contribution in [0.5, 0.6) is 0 Å². The van der Waals surface area contributed by atoms with E-state index < -0.39 is 53.5 Å². The molecule has 1 fully saturated rings. The minimum absolute atomic E-state index is 0.169. The molecule has 1 aliphatic carbocycles. The van der Waals surface area contributed by atoms with E-state index in [2.05, 4.69) is 4.74 Å². The van der Waals surface area contributed by atoms with Crippen LogP contribution in [-0.4, -0.2) is 13.1 Å². The Balaban J connectivity index is 2.10. The quantitative estimate of drug-likeness (QED) is 0.433. The molecule has 1 aliphatic rings. The summed E-state index contributed by atoms with van der Waals surface area (Å²) in [6.45, 7) is 4.36. The molecule has 0 spiro atoms. The van der Waals surface area contributed by atoms with Gasteiger partial charge in [0.1, 0.15) is 12.4 Å². The van der Waals surface area contributed by atoms with Crippen molar-refractivity contribution in [2.75, 3.05) is 7.11 Å². The van der Waals surface area contributed by atoms with E-state index in [9.17, 15) is 18.0 Å². The number of nitrogens with zero attached hydrogens (tertiary/aromatic N) is 1. The Morgan fingerprint density at radius 1 is 1.31 bits per heavy atom. The third-order valence-corrected chi connectivity index (χ3v) is 4.76. The van der Waals surface area contributed by atoms with Crippen molar-refractivity contribution < 1.29 is 27.4 Å². The first-order valence-corrected chi connectivity index (χ1v) is 8.04. The highest BCUT2D eigenvalue weighted by atomic mass is 19.2. The van der Waals surface area contributed by atoms with Crippen LogP contribution in [0.1, 0.15) is 31.9 Å². The second-order valence-electron chi connectivity index (χ2n) is 6.95. The first-order chi connectivity index (χ1) is 12.1. The van der Waals surface area contributed by atoms with Crippen LogP contribution in [0, 0.1) is 46.0 Å². The van der Waals surface area contributed by atoms with Gasteiger partial charge in [0.2, 0.25) is 0 Å². The summed E-state index contributed by atoms with van der Waals surface area (Å²) in [6.07, 6.45) is 1.70. The van der Waals surface area contributed by atoms with Gasteiger partial charge in [-0.25, -0.2) is 13.2 Å². The number of halogens is 3. The van der Waals surface area contributed by atoms with E-state index in [0.29, 0.717) is 5.57 Å². The first-order valence-electron chi connectivity index (χ1n) is 8.04. The monoisotopic (exact) mass is 367 g/mol. The van der Waals surface area contributed by atoms with Gasteiger partial charge < -0.3 is 9.47 Å². The lowest BCUT2D eigenvalue weighted by Crippen LogP contribution is -2.13. The normalized spacial score (nSPS) is 21.2. The third kappa shape index (κ3) is 3.75. The molecule has 26 heavy (non-hydrogen) atoms. The van der Waals surface area contributed by atoms with E-state index in [1.807, 2.05) is 19.9 Å². The molecular weight excluding hydrogens is 347 g/mol. The molecule has 2 atom stereocenters. The predicted octanol–water partition coefficient (Wildman–Crippen LogP) is 4.04. The van der Waals surface area contributed by atoms with Crippen LogP contribution in [0.25, 0.3) is 0 Å². The van der Waals surface area contributed by atoms with Gasteiger partial charge in [-0.15, -0.1) is 0 Å². The second-order valence-corrected chi connectivity index (χ2v) is 6.95. The van der Waals surface area contributed by atoms with Gasteiger partial charge in [0.15, 0.2) is 11.6 Å². The fraction of sp³-hybridized carbons (Fsp3) is 0.474. The average molecular weight is 367 g/mol. The molecule has 0 unspecified atom stereocenters. The third-order valence-electron chi connectivity index (χ3n) is 4.76. The minimum Gasteiger partial charge on any atom is -0.460 e. The molecule has 1 aromatic carbocycles. The average Bonchev–Trinajstić information content (AvgIpc) is 3.13. The molecule has 0 radical (unpaired) electrons. The minimum atomic E-state index is -1.35. The van der Waals surface area contributed by atoms with Gasteiger partial charge in [0.05, 0.1) is 24.2 Å². The Morgan fingerprint density at radius 3 is 2.54 bits per heavy atom. The van der Waals surface area contributed by atoms with Gasteiger partial charge in [0.25, 0.3) is 0 Å². The molecule has 0 aliphatic heterocycles. The molecule has 4 nitrogen and oxygen atoms in total. The summed E-state index contributed by atoms with van der Waals surface area (Å²) in [5, 5.41) is 8.85. The molecule has 2 rings (SSSR count). The fourth-order valence-electron chi connectivity index (χ4n) is 3.05. The highest BCUT2D eigenvalue weighted by Gasteiger charge is 2.61. The Bertz CT molecular complexity index is 796.